The standard InChI is InChI=1S/C23H19NO5/c25-13-16-9-21-19(10-22(16)28)20(14-1-5-17(26)6-2-14)11-24(21)12-23(29)15-3-7-18(27)8-4-15/h1-11,25-28H,12-13H2. The number of hydrogen-bond acceptors (Lipinski definition) is 5. The van der Waals surface area contributed by atoms with Gasteiger partial charge < -0.3 is 25.0 Å². The van der Waals surface area contributed by atoms with Gasteiger partial charge in [0.05, 0.1) is 13.2 Å². The predicted molar refractivity (Wildman–Crippen MR) is 109 cm³/mol. The Morgan fingerprint density at radius 3 is 2.10 bits per heavy atom. The van der Waals surface area contributed by atoms with Crippen LogP contribution in [-0.2, 0) is 13.2 Å². The van der Waals surface area contributed by atoms with Crippen LogP contribution in [0.1, 0.15) is 15.9 Å². The third kappa shape index (κ3) is 3.53. The molecule has 0 atom stereocenters. The first-order valence-corrected chi connectivity index (χ1v) is 9.03. The Bertz CT molecular complexity index is 1190. The van der Waals surface area contributed by atoms with Crippen molar-refractivity contribution in [3.8, 4) is 28.4 Å². The predicted octanol–water partition coefficient (Wildman–Crippen LogP) is 3.80. The molecule has 4 aromatic rings. The molecule has 0 aliphatic carbocycles. The second kappa shape index (κ2) is 7.33. The fourth-order valence-corrected chi connectivity index (χ4v) is 3.39. The number of hydrogen-bond donors (Lipinski definition) is 4. The topological polar surface area (TPSA) is 103 Å². The monoisotopic (exact) mass is 389 g/mol. The number of carbonyl (C=O) groups excluding carboxylic acids is 1. The van der Waals surface area contributed by atoms with Crippen molar-refractivity contribution in [2.24, 2.45) is 0 Å². The molecule has 4 N–H and O–H groups in total. The Morgan fingerprint density at radius 1 is 0.862 bits per heavy atom. The second-order valence-electron chi connectivity index (χ2n) is 6.84. The van der Waals surface area contributed by atoms with Crippen LogP contribution >= 0.6 is 0 Å². The van der Waals surface area contributed by atoms with Gasteiger partial charge in [-0.25, -0.2) is 0 Å². The van der Waals surface area contributed by atoms with E-state index in [1.54, 1.807) is 53.1 Å². The maximum Gasteiger partial charge on any atom is 0.182 e. The minimum absolute atomic E-state index is 0.0253. The van der Waals surface area contributed by atoms with E-state index in [2.05, 4.69) is 0 Å². The molecular formula is C23H19NO5. The summed E-state index contributed by atoms with van der Waals surface area (Å²) in [5.74, 6) is 0.0662. The van der Waals surface area contributed by atoms with Gasteiger partial charge in [-0.1, -0.05) is 12.1 Å². The number of nitrogens with zero attached hydrogens (tertiary/aromatic N) is 1. The Hall–Kier alpha value is -3.77. The lowest BCUT2D eigenvalue weighted by Crippen LogP contribution is -2.09. The largest absolute Gasteiger partial charge is 0.508 e. The van der Waals surface area contributed by atoms with Crippen molar-refractivity contribution in [2.45, 2.75) is 13.2 Å². The molecule has 1 aromatic heterocycles. The molecule has 0 aliphatic rings. The molecule has 4 rings (SSSR count). The highest BCUT2D eigenvalue weighted by Crippen LogP contribution is 2.35. The number of benzene rings is 3. The van der Waals surface area contributed by atoms with Gasteiger partial charge >= 0.3 is 0 Å². The van der Waals surface area contributed by atoms with Gasteiger partial charge in [0.2, 0.25) is 0 Å². The molecule has 0 fully saturated rings. The first-order valence-electron chi connectivity index (χ1n) is 9.03. The zero-order valence-electron chi connectivity index (χ0n) is 15.4. The van der Waals surface area contributed by atoms with E-state index in [9.17, 15) is 25.2 Å². The first-order chi connectivity index (χ1) is 14.0. The van der Waals surface area contributed by atoms with Crippen LogP contribution in [0.3, 0.4) is 0 Å². The lowest BCUT2D eigenvalue weighted by Gasteiger charge is -2.07. The summed E-state index contributed by atoms with van der Waals surface area (Å²) in [6, 6.07) is 16.0. The third-order valence-corrected chi connectivity index (χ3v) is 4.93. The maximum absolute atomic E-state index is 12.7. The second-order valence-corrected chi connectivity index (χ2v) is 6.84. The summed E-state index contributed by atoms with van der Waals surface area (Å²) in [6.45, 7) is -0.275. The average molecular weight is 389 g/mol. The highest BCUT2D eigenvalue weighted by atomic mass is 16.3. The zero-order chi connectivity index (χ0) is 20.5. The van der Waals surface area contributed by atoms with E-state index in [-0.39, 0.29) is 36.2 Å². The number of aliphatic hydroxyl groups excluding tert-OH is 1. The first kappa shape index (κ1) is 18.6. The van der Waals surface area contributed by atoms with Crippen LogP contribution in [0, 0.1) is 0 Å². The van der Waals surface area contributed by atoms with E-state index in [1.165, 1.54) is 12.1 Å². The number of rotatable bonds is 5. The molecule has 0 aliphatic heterocycles. The number of fused-ring (bicyclic) bond motifs is 1. The SMILES string of the molecule is O=C(Cn1cc(-c2ccc(O)cc2)c2cc(O)c(CO)cc21)c1ccc(O)cc1. The van der Waals surface area contributed by atoms with Crippen LogP contribution in [0.5, 0.6) is 17.2 Å². The zero-order valence-corrected chi connectivity index (χ0v) is 15.4. The van der Waals surface area contributed by atoms with E-state index < -0.39 is 0 Å². The molecule has 3 aromatic carbocycles. The summed E-state index contributed by atoms with van der Waals surface area (Å²) >= 11 is 0. The normalized spacial score (nSPS) is 11.1. The van der Waals surface area contributed by atoms with Gasteiger partial charge in [0, 0.05) is 33.8 Å². The van der Waals surface area contributed by atoms with Gasteiger partial charge in [-0.2, -0.15) is 0 Å². The Balaban J connectivity index is 1.83. The summed E-state index contributed by atoms with van der Waals surface area (Å²) < 4.78 is 1.77. The lowest BCUT2D eigenvalue weighted by molar-refractivity contribution is 0.0973. The minimum Gasteiger partial charge on any atom is -0.508 e. The van der Waals surface area contributed by atoms with Crippen LogP contribution in [0.25, 0.3) is 22.0 Å². The van der Waals surface area contributed by atoms with Crippen molar-refractivity contribution in [3.63, 3.8) is 0 Å². The maximum atomic E-state index is 12.7. The smallest absolute Gasteiger partial charge is 0.182 e. The molecule has 29 heavy (non-hydrogen) atoms. The van der Waals surface area contributed by atoms with Crippen molar-refractivity contribution in [2.75, 3.05) is 0 Å². The molecule has 0 saturated carbocycles. The summed E-state index contributed by atoms with van der Waals surface area (Å²) in [5, 5.41) is 39.5. The van der Waals surface area contributed by atoms with Gasteiger partial charge in [-0.15, -0.1) is 0 Å². The highest BCUT2D eigenvalue weighted by Gasteiger charge is 2.16. The number of ketones is 1. The molecule has 6 heteroatoms. The lowest BCUT2D eigenvalue weighted by atomic mass is 10.0. The highest BCUT2D eigenvalue weighted by molar-refractivity contribution is 6.00. The van der Waals surface area contributed by atoms with Gasteiger partial charge in [0.15, 0.2) is 5.78 Å². The molecule has 146 valence electrons. The fourth-order valence-electron chi connectivity index (χ4n) is 3.39. The van der Waals surface area contributed by atoms with Crippen molar-refractivity contribution in [1.82, 2.24) is 4.57 Å². The average Bonchev–Trinajstić information content (AvgIpc) is 3.05. The molecule has 0 amide bonds. The number of Topliss-reactive ketones (excluding diaryl/α,β-unsaturated/α-hetero) is 1. The van der Waals surface area contributed by atoms with Crippen LogP contribution in [-0.4, -0.2) is 30.8 Å². The molecule has 0 unspecified atom stereocenters. The molecular weight excluding hydrogens is 370 g/mol. The molecule has 1 heterocycles. The number of carbonyl (C=O) groups is 1. The van der Waals surface area contributed by atoms with E-state index in [1.807, 2.05) is 6.20 Å². The van der Waals surface area contributed by atoms with Crippen LogP contribution in [0.4, 0.5) is 0 Å². The quantitative estimate of drug-likeness (QED) is 0.389. The third-order valence-electron chi connectivity index (χ3n) is 4.93. The van der Waals surface area contributed by atoms with E-state index in [0.717, 1.165) is 16.5 Å². The van der Waals surface area contributed by atoms with Crippen LogP contribution in [0.2, 0.25) is 0 Å². The Labute approximate surface area is 166 Å². The molecule has 0 spiro atoms. The molecule has 0 radical (unpaired) electrons. The van der Waals surface area contributed by atoms with Crippen molar-refractivity contribution in [3.05, 3.63) is 78.0 Å². The molecule has 0 saturated heterocycles. The fraction of sp³-hybridized carbons (Fsp3) is 0.0870. The Kier molecular flexibility index (Phi) is 4.70. The minimum atomic E-state index is -0.326. The van der Waals surface area contributed by atoms with Crippen molar-refractivity contribution < 1.29 is 25.2 Å². The number of phenols is 3. The van der Waals surface area contributed by atoms with E-state index in [4.69, 9.17) is 0 Å². The molecule has 6 nitrogen and oxygen atoms in total. The summed E-state index contributed by atoms with van der Waals surface area (Å²) in [5.41, 5.74) is 3.14. The van der Waals surface area contributed by atoms with Gasteiger partial charge in [-0.05, 0) is 54.1 Å². The van der Waals surface area contributed by atoms with Crippen LogP contribution < -0.4 is 0 Å². The molecule has 0 bridgehead atoms. The number of aromatic nitrogens is 1. The van der Waals surface area contributed by atoms with Crippen LogP contribution in [0.15, 0.2) is 66.9 Å². The van der Waals surface area contributed by atoms with Gasteiger partial charge in [0.25, 0.3) is 0 Å². The van der Waals surface area contributed by atoms with Gasteiger partial charge in [0.1, 0.15) is 17.2 Å². The van der Waals surface area contributed by atoms with E-state index in [0.29, 0.717) is 16.6 Å². The summed E-state index contributed by atoms with van der Waals surface area (Å²) in [6.07, 6.45) is 1.82. The number of phenolic OH excluding ortho intramolecular Hbond substituents is 2. The van der Waals surface area contributed by atoms with Gasteiger partial charge in [-0.3, -0.25) is 4.79 Å². The number of aromatic hydroxyl groups is 3. The summed E-state index contributed by atoms with van der Waals surface area (Å²) in [7, 11) is 0. The van der Waals surface area contributed by atoms with Crippen molar-refractivity contribution in [1.29, 1.82) is 0 Å². The van der Waals surface area contributed by atoms with E-state index >= 15 is 0 Å². The number of aliphatic hydroxyl groups is 1. The van der Waals surface area contributed by atoms with Crippen molar-refractivity contribution >= 4 is 16.7 Å². The summed E-state index contributed by atoms with van der Waals surface area (Å²) in [4.78, 5) is 12.7. The Morgan fingerprint density at radius 2 is 1.48 bits per heavy atom.